The van der Waals surface area contributed by atoms with Crippen molar-refractivity contribution in [2.45, 2.75) is 6.92 Å². The molecule has 0 amide bonds. The molecule has 0 spiro atoms. The molecule has 0 saturated heterocycles. The molecule has 3 aromatic rings. The van der Waals surface area contributed by atoms with E-state index in [0.29, 0.717) is 33.2 Å². The van der Waals surface area contributed by atoms with E-state index < -0.39 is 0 Å². The van der Waals surface area contributed by atoms with Gasteiger partial charge in [0.1, 0.15) is 11.6 Å². The predicted octanol–water partition coefficient (Wildman–Crippen LogP) is 5.59. The van der Waals surface area contributed by atoms with Gasteiger partial charge >= 0.3 is 0 Å². The first-order valence-electron chi connectivity index (χ1n) is 7.52. The van der Waals surface area contributed by atoms with Crippen molar-refractivity contribution in [3.63, 3.8) is 0 Å². The Kier molecular flexibility index (Phi) is 5.26. The van der Waals surface area contributed by atoms with E-state index in [1.54, 1.807) is 25.3 Å². The van der Waals surface area contributed by atoms with Crippen LogP contribution in [0.25, 0.3) is 0 Å². The van der Waals surface area contributed by atoms with Crippen LogP contribution in [0.3, 0.4) is 0 Å². The van der Waals surface area contributed by atoms with Crippen molar-refractivity contribution in [1.82, 2.24) is 9.97 Å². The molecule has 128 valence electrons. The minimum atomic E-state index is 0.442. The molecular formula is C18H16Cl2N4O. The van der Waals surface area contributed by atoms with Crippen molar-refractivity contribution in [2.24, 2.45) is 0 Å². The SMILES string of the molecule is COc1ccc(Cl)cc1Nc1nc(C)cc(Nc2ccc(Cl)cc2)n1. The van der Waals surface area contributed by atoms with Crippen LogP contribution in [0.15, 0.2) is 48.5 Å². The lowest BCUT2D eigenvalue weighted by molar-refractivity contribution is 0.417. The van der Waals surface area contributed by atoms with Gasteiger partial charge < -0.3 is 15.4 Å². The van der Waals surface area contributed by atoms with E-state index in [9.17, 15) is 0 Å². The molecule has 7 heteroatoms. The maximum atomic E-state index is 6.06. The third kappa shape index (κ3) is 4.53. The number of benzene rings is 2. The number of nitrogens with zero attached hydrogens (tertiary/aromatic N) is 2. The largest absolute Gasteiger partial charge is 0.495 e. The summed E-state index contributed by atoms with van der Waals surface area (Å²) in [6.45, 7) is 1.90. The monoisotopic (exact) mass is 374 g/mol. The minimum absolute atomic E-state index is 0.442. The molecule has 0 unspecified atom stereocenters. The number of hydrogen-bond donors (Lipinski definition) is 2. The summed E-state index contributed by atoms with van der Waals surface area (Å²) in [4.78, 5) is 8.89. The first kappa shape index (κ1) is 17.3. The molecule has 2 N–H and O–H groups in total. The first-order chi connectivity index (χ1) is 12.0. The third-order valence-corrected chi connectivity index (χ3v) is 3.87. The molecule has 0 aliphatic heterocycles. The second-order valence-electron chi connectivity index (χ2n) is 5.32. The van der Waals surface area contributed by atoms with E-state index in [1.807, 2.05) is 37.3 Å². The zero-order valence-electron chi connectivity index (χ0n) is 13.7. The van der Waals surface area contributed by atoms with Gasteiger partial charge in [-0.3, -0.25) is 0 Å². The van der Waals surface area contributed by atoms with Crippen molar-refractivity contribution >= 4 is 46.3 Å². The summed E-state index contributed by atoms with van der Waals surface area (Å²) >= 11 is 12.0. The van der Waals surface area contributed by atoms with Crippen LogP contribution in [-0.4, -0.2) is 17.1 Å². The second-order valence-corrected chi connectivity index (χ2v) is 6.19. The van der Waals surface area contributed by atoms with Gasteiger partial charge in [0.15, 0.2) is 0 Å². The Labute approximate surface area is 156 Å². The number of rotatable bonds is 5. The Morgan fingerprint density at radius 2 is 1.60 bits per heavy atom. The molecule has 0 radical (unpaired) electrons. The molecule has 0 fully saturated rings. The summed E-state index contributed by atoms with van der Waals surface area (Å²) in [5.74, 6) is 1.76. The number of methoxy groups -OCH3 is 1. The average Bonchev–Trinajstić information content (AvgIpc) is 2.57. The highest BCUT2D eigenvalue weighted by atomic mass is 35.5. The molecule has 0 saturated carbocycles. The third-order valence-electron chi connectivity index (χ3n) is 3.38. The Balaban J connectivity index is 1.87. The number of hydrogen-bond acceptors (Lipinski definition) is 5. The van der Waals surface area contributed by atoms with E-state index in [4.69, 9.17) is 27.9 Å². The van der Waals surface area contributed by atoms with Crippen LogP contribution in [0, 0.1) is 6.92 Å². The Bertz CT molecular complexity index is 885. The topological polar surface area (TPSA) is 59.1 Å². The highest BCUT2D eigenvalue weighted by Crippen LogP contribution is 2.30. The van der Waals surface area contributed by atoms with Crippen LogP contribution in [0.5, 0.6) is 5.75 Å². The number of ether oxygens (including phenoxy) is 1. The van der Waals surface area contributed by atoms with Gasteiger partial charge in [0.05, 0.1) is 12.8 Å². The van der Waals surface area contributed by atoms with Crippen molar-refractivity contribution in [3.05, 3.63) is 64.3 Å². The summed E-state index contributed by atoms with van der Waals surface area (Å²) in [5.41, 5.74) is 2.39. The zero-order chi connectivity index (χ0) is 17.8. The average molecular weight is 375 g/mol. The molecule has 0 atom stereocenters. The summed E-state index contributed by atoms with van der Waals surface area (Å²) in [7, 11) is 1.60. The van der Waals surface area contributed by atoms with Crippen LogP contribution in [-0.2, 0) is 0 Å². The lowest BCUT2D eigenvalue weighted by Crippen LogP contribution is -2.03. The standard InChI is InChI=1S/C18H16Cl2N4O/c1-11-9-17(22-14-6-3-12(19)4-7-14)24-18(21-11)23-15-10-13(20)5-8-16(15)25-2/h3-10H,1-2H3,(H2,21,22,23,24). The fourth-order valence-corrected chi connectivity index (χ4v) is 2.57. The Morgan fingerprint density at radius 1 is 0.880 bits per heavy atom. The van der Waals surface area contributed by atoms with Gasteiger partial charge in [0.25, 0.3) is 0 Å². The van der Waals surface area contributed by atoms with E-state index >= 15 is 0 Å². The van der Waals surface area contributed by atoms with Gasteiger partial charge in [0.2, 0.25) is 5.95 Å². The van der Waals surface area contributed by atoms with Gasteiger partial charge in [-0.2, -0.15) is 4.98 Å². The molecular weight excluding hydrogens is 359 g/mol. The first-order valence-corrected chi connectivity index (χ1v) is 8.28. The van der Waals surface area contributed by atoms with E-state index in [-0.39, 0.29) is 0 Å². The highest BCUT2D eigenvalue weighted by molar-refractivity contribution is 6.31. The van der Waals surface area contributed by atoms with E-state index in [1.165, 1.54) is 0 Å². The lowest BCUT2D eigenvalue weighted by atomic mass is 10.3. The van der Waals surface area contributed by atoms with Crippen LogP contribution in [0.1, 0.15) is 5.69 Å². The van der Waals surface area contributed by atoms with E-state index in [0.717, 1.165) is 11.4 Å². The van der Waals surface area contributed by atoms with Crippen molar-refractivity contribution < 1.29 is 4.74 Å². The second kappa shape index (κ2) is 7.59. The predicted molar refractivity (Wildman–Crippen MR) is 103 cm³/mol. The Hall–Kier alpha value is -2.50. The maximum Gasteiger partial charge on any atom is 0.229 e. The summed E-state index contributed by atoms with van der Waals surface area (Å²) < 4.78 is 5.34. The number of nitrogens with one attached hydrogen (secondary N) is 2. The molecule has 1 heterocycles. The molecule has 2 aromatic carbocycles. The molecule has 1 aromatic heterocycles. The molecule has 25 heavy (non-hydrogen) atoms. The number of aryl methyl sites for hydroxylation is 1. The normalized spacial score (nSPS) is 10.4. The number of anilines is 4. The number of halogens is 2. The molecule has 0 bridgehead atoms. The zero-order valence-corrected chi connectivity index (χ0v) is 15.2. The lowest BCUT2D eigenvalue weighted by Gasteiger charge is -2.12. The fourth-order valence-electron chi connectivity index (χ4n) is 2.27. The molecule has 3 rings (SSSR count). The van der Waals surface area contributed by atoms with Crippen molar-refractivity contribution in [2.75, 3.05) is 17.7 Å². The highest BCUT2D eigenvalue weighted by Gasteiger charge is 2.08. The molecule has 0 aliphatic rings. The van der Waals surface area contributed by atoms with Gasteiger partial charge in [-0.15, -0.1) is 0 Å². The van der Waals surface area contributed by atoms with Gasteiger partial charge in [-0.1, -0.05) is 23.2 Å². The smallest absolute Gasteiger partial charge is 0.229 e. The van der Waals surface area contributed by atoms with Gasteiger partial charge in [-0.05, 0) is 49.4 Å². The van der Waals surface area contributed by atoms with Crippen LogP contribution < -0.4 is 15.4 Å². The summed E-state index contributed by atoms with van der Waals surface area (Å²) in [6.07, 6.45) is 0. The molecule has 5 nitrogen and oxygen atoms in total. The summed E-state index contributed by atoms with van der Waals surface area (Å²) in [5, 5.41) is 7.65. The van der Waals surface area contributed by atoms with Crippen molar-refractivity contribution in [1.29, 1.82) is 0 Å². The quantitative estimate of drug-likeness (QED) is 0.609. The fraction of sp³-hybridized carbons (Fsp3) is 0.111. The maximum absolute atomic E-state index is 6.06. The van der Waals surface area contributed by atoms with Crippen LogP contribution in [0.4, 0.5) is 23.1 Å². The molecule has 0 aliphatic carbocycles. The van der Waals surface area contributed by atoms with Crippen molar-refractivity contribution in [3.8, 4) is 5.75 Å². The Morgan fingerprint density at radius 3 is 2.32 bits per heavy atom. The van der Waals surface area contributed by atoms with Gasteiger partial charge in [-0.25, -0.2) is 4.98 Å². The van der Waals surface area contributed by atoms with E-state index in [2.05, 4.69) is 20.6 Å². The van der Waals surface area contributed by atoms with Crippen LogP contribution in [0.2, 0.25) is 10.0 Å². The summed E-state index contributed by atoms with van der Waals surface area (Å²) in [6, 6.07) is 14.6. The van der Waals surface area contributed by atoms with Gasteiger partial charge in [0, 0.05) is 27.5 Å². The minimum Gasteiger partial charge on any atom is -0.495 e. The number of aromatic nitrogens is 2. The van der Waals surface area contributed by atoms with Crippen LogP contribution >= 0.6 is 23.2 Å².